The fraction of sp³-hybridized carbons (Fsp3) is 0. The highest BCUT2D eigenvalue weighted by atomic mass is 79.9. The van der Waals surface area contributed by atoms with Crippen molar-refractivity contribution in [1.82, 2.24) is 9.97 Å². The second kappa shape index (κ2) is 5.53. The minimum absolute atomic E-state index is 0.0108. The second-order valence-corrected chi connectivity index (χ2v) is 7.44. The van der Waals surface area contributed by atoms with Gasteiger partial charge in [0.05, 0.1) is 0 Å². The van der Waals surface area contributed by atoms with Crippen LogP contribution in [-0.2, 0) is 10.0 Å². The van der Waals surface area contributed by atoms with Crippen molar-refractivity contribution in [3.63, 3.8) is 0 Å². The first kappa shape index (κ1) is 15.3. The number of pyridine rings is 1. The Bertz CT molecular complexity index is 975. The predicted molar refractivity (Wildman–Crippen MR) is 86.0 cm³/mol. The summed E-state index contributed by atoms with van der Waals surface area (Å²) in [4.78, 5) is 6.53. The highest BCUT2D eigenvalue weighted by Crippen LogP contribution is 2.27. The molecule has 0 aliphatic heterocycles. The molecule has 3 rings (SSSR count). The van der Waals surface area contributed by atoms with E-state index in [4.69, 9.17) is 11.6 Å². The van der Waals surface area contributed by atoms with Gasteiger partial charge >= 0.3 is 0 Å². The molecule has 0 bridgehead atoms. The number of sulfonamides is 1. The molecule has 114 valence electrons. The molecular formula is C13H8BrClFN3O2S. The predicted octanol–water partition coefficient (Wildman–Crippen LogP) is 3.92. The molecule has 0 unspecified atom stereocenters. The average Bonchev–Trinajstić information content (AvgIpc) is 2.85. The molecule has 0 saturated carbocycles. The number of H-pyrrole nitrogens is 1. The Morgan fingerprint density at radius 3 is 2.82 bits per heavy atom. The first-order valence-corrected chi connectivity index (χ1v) is 8.63. The van der Waals surface area contributed by atoms with Crippen LogP contribution in [0.15, 0.2) is 46.0 Å². The van der Waals surface area contributed by atoms with Crippen molar-refractivity contribution in [2.24, 2.45) is 0 Å². The molecule has 0 aliphatic rings. The van der Waals surface area contributed by atoms with E-state index in [2.05, 4.69) is 30.6 Å². The van der Waals surface area contributed by atoms with Gasteiger partial charge in [-0.3, -0.25) is 4.72 Å². The molecule has 0 aliphatic carbocycles. The Balaban J connectivity index is 2.05. The third-order valence-corrected chi connectivity index (χ3v) is 4.98. The summed E-state index contributed by atoms with van der Waals surface area (Å²) in [6.07, 6.45) is 2.62. The van der Waals surface area contributed by atoms with Gasteiger partial charge in [0.25, 0.3) is 10.0 Å². The summed E-state index contributed by atoms with van der Waals surface area (Å²) in [5.41, 5.74) is 0.567. The van der Waals surface area contributed by atoms with Gasteiger partial charge in [0.2, 0.25) is 0 Å². The summed E-state index contributed by atoms with van der Waals surface area (Å²) in [7, 11) is -3.99. The van der Waals surface area contributed by atoms with Crippen LogP contribution in [0, 0.1) is 5.82 Å². The molecule has 0 atom stereocenters. The number of hydrogen-bond donors (Lipinski definition) is 2. The Labute approximate surface area is 138 Å². The molecule has 0 spiro atoms. The van der Waals surface area contributed by atoms with E-state index in [1.807, 2.05) is 0 Å². The van der Waals surface area contributed by atoms with Gasteiger partial charge < -0.3 is 4.98 Å². The van der Waals surface area contributed by atoms with Crippen molar-refractivity contribution in [2.75, 3.05) is 4.72 Å². The van der Waals surface area contributed by atoms with Crippen LogP contribution in [0.3, 0.4) is 0 Å². The van der Waals surface area contributed by atoms with Crippen molar-refractivity contribution < 1.29 is 12.8 Å². The van der Waals surface area contributed by atoms with E-state index in [-0.39, 0.29) is 10.7 Å². The zero-order valence-corrected chi connectivity index (χ0v) is 13.9. The second-order valence-electron chi connectivity index (χ2n) is 4.43. The number of anilines is 1. The molecule has 9 heteroatoms. The van der Waals surface area contributed by atoms with Crippen molar-refractivity contribution in [2.45, 2.75) is 4.90 Å². The lowest BCUT2D eigenvalue weighted by atomic mass is 10.2. The molecule has 5 nitrogen and oxygen atoms in total. The minimum atomic E-state index is -3.99. The van der Waals surface area contributed by atoms with Gasteiger partial charge in [-0.25, -0.2) is 17.8 Å². The summed E-state index contributed by atoms with van der Waals surface area (Å²) in [6, 6.07) is 5.89. The number of fused-ring (bicyclic) bond motifs is 1. The van der Waals surface area contributed by atoms with E-state index in [9.17, 15) is 12.8 Å². The maximum atomic E-state index is 13.7. The number of hydrogen-bond acceptors (Lipinski definition) is 3. The van der Waals surface area contributed by atoms with Crippen molar-refractivity contribution in [3.8, 4) is 0 Å². The van der Waals surface area contributed by atoms with Crippen LogP contribution in [0.2, 0.25) is 5.02 Å². The fourth-order valence-electron chi connectivity index (χ4n) is 1.97. The average molecular weight is 405 g/mol. The molecule has 0 radical (unpaired) electrons. The molecule has 2 N–H and O–H groups in total. The molecule has 2 heterocycles. The van der Waals surface area contributed by atoms with Crippen LogP contribution in [0.1, 0.15) is 0 Å². The van der Waals surface area contributed by atoms with E-state index in [1.54, 1.807) is 18.2 Å². The Morgan fingerprint density at radius 2 is 2.09 bits per heavy atom. The number of nitrogens with one attached hydrogen (secondary N) is 2. The van der Waals surface area contributed by atoms with Gasteiger partial charge in [0.15, 0.2) is 11.6 Å². The molecule has 3 aromatic rings. The lowest BCUT2D eigenvalue weighted by Crippen LogP contribution is -2.14. The summed E-state index contributed by atoms with van der Waals surface area (Å²) >= 11 is 8.92. The van der Waals surface area contributed by atoms with Gasteiger partial charge in [0, 0.05) is 32.8 Å². The van der Waals surface area contributed by atoms with E-state index in [1.165, 1.54) is 12.4 Å². The highest BCUT2D eigenvalue weighted by Gasteiger charge is 2.21. The van der Waals surface area contributed by atoms with E-state index in [0.717, 1.165) is 6.07 Å². The lowest BCUT2D eigenvalue weighted by Gasteiger charge is -2.07. The third kappa shape index (κ3) is 2.81. The molecule has 0 saturated heterocycles. The quantitative estimate of drug-likeness (QED) is 0.695. The van der Waals surface area contributed by atoms with Gasteiger partial charge in [-0.15, -0.1) is 0 Å². The Hall–Kier alpha value is -1.64. The molecule has 1 aromatic carbocycles. The van der Waals surface area contributed by atoms with Crippen LogP contribution in [-0.4, -0.2) is 18.4 Å². The number of aromatic amines is 1. The number of benzene rings is 1. The van der Waals surface area contributed by atoms with Crippen LogP contribution >= 0.6 is 27.5 Å². The number of halogens is 3. The smallest absolute Gasteiger partial charge is 0.265 e. The van der Waals surface area contributed by atoms with E-state index >= 15 is 0 Å². The van der Waals surface area contributed by atoms with E-state index in [0.29, 0.717) is 20.4 Å². The van der Waals surface area contributed by atoms with E-state index < -0.39 is 15.8 Å². The summed E-state index contributed by atoms with van der Waals surface area (Å²) < 4.78 is 41.1. The third-order valence-electron chi connectivity index (χ3n) is 2.93. The summed E-state index contributed by atoms with van der Waals surface area (Å²) in [5.74, 6) is -1.15. The van der Waals surface area contributed by atoms with Gasteiger partial charge in [-0.1, -0.05) is 11.6 Å². The van der Waals surface area contributed by atoms with Crippen LogP contribution < -0.4 is 4.72 Å². The lowest BCUT2D eigenvalue weighted by molar-refractivity contribution is 0.598. The van der Waals surface area contributed by atoms with Gasteiger partial charge in [0.1, 0.15) is 4.90 Å². The maximum absolute atomic E-state index is 13.7. The van der Waals surface area contributed by atoms with Crippen molar-refractivity contribution in [3.05, 3.63) is 52.0 Å². The van der Waals surface area contributed by atoms with Gasteiger partial charge in [-0.05, 0) is 40.2 Å². The zero-order valence-electron chi connectivity index (χ0n) is 10.8. The molecule has 0 amide bonds. The van der Waals surface area contributed by atoms with Crippen LogP contribution in [0.4, 0.5) is 10.2 Å². The Kier molecular flexibility index (Phi) is 3.84. The topological polar surface area (TPSA) is 74.8 Å². The number of nitrogens with zero attached hydrogens (tertiary/aromatic N) is 1. The van der Waals surface area contributed by atoms with Crippen molar-refractivity contribution >= 4 is 54.3 Å². The highest BCUT2D eigenvalue weighted by molar-refractivity contribution is 9.10. The number of aromatic nitrogens is 2. The fourth-order valence-corrected chi connectivity index (χ4v) is 3.64. The summed E-state index contributed by atoms with van der Waals surface area (Å²) in [5, 5.41) is 0.932. The SMILES string of the molecule is O=S(=O)(Nc1ncc(Br)cc1F)c1c[nH]c2cc(Cl)ccc12. The standard InChI is InChI=1S/C13H8BrClFN3O2S/c14-7-3-10(16)13(18-5-7)19-22(20,21)12-6-17-11-4-8(15)1-2-9(11)12/h1-6,17H,(H,18,19). The monoisotopic (exact) mass is 403 g/mol. The number of rotatable bonds is 3. The molecule has 2 aromatic heterocycles. The normalized spacial score (nSPS) is 11.8. The minimum Gasteiger partial charge on any atom is -0.360 e. The van der Waals surface area contributed by atoms with Crippen LogP contribution in [0.25, 0.3) is 10.9 Å². The summed E-state index contributed by atoms with van der Waals surface area (Å²) in [6.45, 7) is 0. The Morgan fingerprint density at radius 1 is 1.32 bits per heavy atom. The zero-order chi connectivity index (χ0) is 15.9. The molecule has 22 heavy (non-hydrogen) atoms. The first-order valence-electron chi connectivity index (χ1n) is 5.97. The van der Waals surface area contributed by atoms with Crippen molar-refractivity contribution in [1.29, 1.82) is 0 Å². The van der Waals surface area contributed by atoms with Gasteiger partial charge in [-0.2, -0.15) is 0 Å². The molecule has 0 fully saturated rings. The van der Waals surface area contributed by atoms with Crippen LogP contribution in [0.5, 0.6) is 0 Å². The first-order chi connectivity index (χ1) is 10.4. The largest absolute Gasteiger partial charge is 0.360 e. The molecular weight excluding hydrogens is 397 g/mol. The maximum Gasteiger partial charge on any atom is 0.265 e.